The van der Waals surface area contributed by atoms with Crippen LogP contribution < -0.4 is 10.9 Å². The number of benzene rings is 1. The quantitative estimate of drug-likeness (QED) is 0.868. The van der Waals surface area contributed by atoms with E-state index in [1.165, 1.54) is 18.3 Å². The maximum Gasteiger partial charge on any atom is 0.412 e. The standard InChI is InChI=1S/C13H12N2O3/c16-12-7-6-11(8-14-12)15-13(17)18-9-10-4-2-1-3-5-10/h1-8H,9H2,(H,14,16)(H,15,17). The number of carbonyl (C=O) groups excluding carboxylic acids is 1. The number of hydrogen-bond acceptors (Lipinski definition) is 3. The lowest BCUT2D eigenvalue weighted by Gasteiger charge is -2.06. The van der Waals surface area contributed by atoms with Gasteiger partial charge in [-0.05, 0) is 11.6 Å². The second-order valence-corrected chi connectivity index (χ2v) is 3.63. The van der Waals surface area contributed by atoms with E-state index < -0.39 is 6.09 Å². The van der Waals surface area contributed by atoms with Gasteiger partial charge in [0.15, 0.2) is 0 Å². The van der Waals surface area contributed by atoms with Gasteiger partial charge in [-0.3, -0.25) is 10.1 Å². The second-order valence-electron chi connectivity index (χ2n) is 3.63. The molecule has 5 heteroatoms. The summed E-state index contributed by atoms with van der Waals surface area (Å²) in [5.74, 6) is 0. The number of rotatable bonds is 3. The van der Waals surface area contributed by atoms with Crippen LogP contribution in [0, 0.1) is 0 Å². The van der Waals surface area contributed by atoms with Crippen LogP contribution in [0.15, 0.2) is 53.5 Å². The fourth-order valence-electron chi connectivity index (χ4n) is 1.37. The molecule has 0 spiro atoms. The molecule has 5 nitrogen and oxygen atoms in total. The van der Waals surface area contributed by atoms with Gasteiger partial charge in [-0.2, -0.15) is 0 Å². The third kappa shape index (κ3) is 3.48. The minimum absolute atomic E-state index is 0.204. The maximum absolute atomic E-state index is 11.4. The van der Waals surface area contributed by atoms with Crippen LogP contribution in [0.1, 0.15) is 5.56 Å². The number of carbonyl (C=O) groups is 1. The van der Waals surface area contributed by atoms with Gasteiger partial charge >= 0.3 is 6.09 Å². The van der Waals surface area contributed by atoms with Crippen LogP contribution in [0.25, 0.3) is 0 Å². The van der Waals surface area contributed by atoms with E-state index in [0.29, 0.717) is 5.69 Å². The molecule has 18 heavy (non-hydrogen) atoms. The summed E-state index contributed by atoms with van der Waals surface area (Å²) in [7, 11) is 0. The first-order valence-corrected chi connectivity index (χ1v) is 5.40. The Bertz CT molecular complexity index is 558. The molecule has 2 N–H and O–H groups in total. The van der Waals surface area contributed by atoms with Gasteiger partial charge < -0.3 is 9.72 Å². The van der Waals surface area contributed by atoms with E-state index in [2.05, 4.69) is 10.3 Å². The summed E-state index contributed by atoms with van der Waals surface area (Å²) in [4.78, 5) is 24.7. The average molecular weight is 244 g/mol. The predicted octanol–water partition coefficient (Wildman–Crippen LogP) is 2.12. The van der Waals surface area contributed by atoms with Crippen molar-refractivity contribution in [3.05, 3.63) is 64.6 Å². The van der Waals surface area contributed by atoms with Gasteiger partial charge in [-0.15, -0.1) is 0 Å². The first-order valence-electron chi connectivity index (χ1n) is 5.40. The average Bonchev–Trinajstić information content (AvgIpc) is 2.40. The van der Waals surface area contributed by atoms with E-state index in [1.807, 2.05) is 30.3 Å². The fourth-order valence-corrected chi connectivity index (χ4v) is 1.37. The molecule has 0 aliphatic heterocycles. The molecular formula is C13H12N2O3. The van der Waals surface area contributed by atoms with E-state index in [9.17, 15) is 9.59 Å². The Hall–Kier alpha value is -2.56. The molecule has 0 bridgehead atoms. The first-order chi connectivity index (χ1) is 8.74. The largest absolute Gasteiger partial charge is 0.444 e. The lowest BCUT2D eigenvalue weighted by Crippen LogP contribution is -2.14. The van der Waals surface area contributed by atoms with E-state index >= 15 is 0 Å². The SMILES string of the molecule is O=C(Nc1ccc(=O)[nH]c1)OCc1ccccc1. The molecule has 0 radical (unpaired) electrons. The van der Waals surface area contributed by atoms with Gasteiger partial charge in [0.1, 0.15) is 6.61 Å². The predicted molar refractivity (Wildman–Crippen MR) is 67.3 cm³/mol. The number of nitrogens with one attached hydrogen (secondary N) is 2. The number of aromatic nitrogens is 1. The molecule has 1 amide bonds. The van der Waals surface area contributed by atoms with E-state index in [-0.39, 0.29) is 12.2 Å². The smallest absolute Gasteiger partial charge is 0.412 e. The number of pyridine rings is 1. The molecule has 0 aliphatic rings. The van der Waals surface area contributed by atoms with Gasteiger partial charge in [0.2, 0.25) is 5.56 Å². The minimum Gasteiger partial charge on any atom is -0.444 e. The van der Waals surface area contributed by atoms with E-state index in [1.54, 1.807) is 0 Å². The van der Waals surface area contributed by atoms with Gasteiger partial charge in [-0.25, -0.2) is 4.79 Å². The highest BCUT2D eigenvalue weighted by molar-refractivity contribution is 5.84. The minimum atomic E-state index is -0.564. The molecular weight excluding hydrogens is 232 g/mol. The molecule has 1 aromatic carbocycles. The van der Waals surface area contributed by atoms with Gasteiger partial charge in [0.25, 0.3) is 0 Å². The van der Waals surface area contributed by atoms with Gasteiger partial charge in [-0.1, -0.05) is 30.3 Å². The number of anilines is 1. The molecule has 0 saturated carbocycles. The molecule has 92 valence electrons. The fraction of sp³-hybridized carbons (Fsp3) is 0.0769. The molecule has 0 fully saturated rings. The molecule has 0 atom stereocenters. The Morgan fingerprint density at radius 3 is 2.61 bits per heavy atom. The number of aromatic amines is 1. The molecule has 0 unspecified atom stereocenters. The Labute approximate surface area is 103 Å². The maximum atomic E-state index is 11.4. The first kappa shape index (κ1) is 11.9. The van der Waals surface area contributed by atoms with Crippen molar-refractivity contribution in [1.82, 2.24) is 4.98 Å². The summed E-state index contributed by atoms with van der Waals surface area (Å²) in [6, 6.07) is 12.2. The number of amides is 1. The summed E-state index contributed by atoms with van der Waals surface area (Å²) >= 11 is 0. The summed E-state index contributed by atoms with van der Waals surface area (Å²) < 4.78 is 5.02. The molecule has 0 saturated heterocycles. The summed E-state index contributed by atoms with van der Waals surface area (Å²) in [6.45, 7) is 0.204. The van der Waals surface area contributed by atoms with Gasteiger partial charge in [0.05, 0.1) is 5.69 Å². The molecule has 2 rings (SSSR count). The summed E-state index contributed by atoms with van der Waals surface area (Å²) in [5, 5.41) is 2.51. The number of hydrogen-bond donors (Lipinski definition) is 2. The normalized spacial score (nSPS) is 9.78. The molecule has 1 aromatic heterocycles. The van der Waals surface area contributed by atoms with Crippen LogP contribution in [0.2, 0.25) is 0 Å². The molecule has 2 aromatic rings. The third-order valence-corrected chi connectivity index (χ3v) is 2.24. The van der Waals surface area contributed by atoms with Crippen LogP contribution in [-0.4, -0.2) is 11.1 Å². The Balaban J connectivity index is 1.86. The van der Waals surface area contributed by atoms with Crippen molar-refractivity contribution in [3.63, 3.8) is 0 Å². The van der Waals surface area contributed by atoms with E-state index in [4.69, 9.17) is 4.74 Å². The Morgan fingerprint density at radius 1 is 1.17 bits per heavy atom. The van der Waals surface area contributed by atoms with Crippen molar-refractivity contribution < 1.29 is 9.53 Å². The van der Waals surface area contributed by atoms with Crippen molar-refractivity contribution in [2.75, 3.05) is 5.32 Å². The molecule has 1 heterocycles. The summed E-state index contributed by atoms with van der Waals surface area (Å²) in [5.41, 5.74) is 1.17. The zero-order chi connectivity index (χ0) is 12.8. The Kier molecular flexibility index (Phi) is 3.76. The van der Waals surface area contributed by atoms with Crippen LogP contribution in [0.4, 0.5) is 10.5 Å². The number of ether oxygens (including phenoxy) is 1. The lowest BCUT2D eigenvalue weighted by molar-refractivity contribution is 0.155. The van der Waals surface area contributed by atoms with E-state index in [0.717, 1.165) is 5.56 Å². The van der Waals surface area contributed by atoms with Crippen LogP contribution in [0.3, 0.4) is 0 Å². The van der Waals surface area contributed by atoms with Crippen molar-refractivity contribution >= 4 is 11.8 Å². The van der Waals surface area contributed by atoms with Crippen molar-refractivity contribution in [1.29, 1.82) is 0 Å². The van der Waals surface area contributed by atoms with Crippen LogP contribution in [-0.2, 0) is 11.3 Å². The number of H-pyrrole nitrogens is 1. The van der Waals surface area contributed by atoms with Gasteiger partial charge in [0, 0.05) is 12.3 Å². The lowest BCUT2D eigenvalue weighted by atomic mass is 10.2. The Morgan fingerprint density at radius 2 is 1.94 bits per heavy atom. The van der Waals surface area contributed by atoms with Crippen molar-refractivity contribution in [2.45, 2.75) is 6.61 Å². The third-order valence-electron chi connectivity index (χ3n) is 2.24. The zero-order valence-corrected chi connectivity index (χ0v) is 9.55. The van der Waals surface area contributed by atoms with Crippen molar-refractivity contribution in [3.8, 4) is 0 Å². The topological polar surface area (TPSA) is 71.2 Å². The highest BCUT2D eigenvalue weighted by Crippen LogP contribution is 2.04. The second kappa shape index (κ2) is 5.67. The van der Waals surface area contributed by atoms with Crippen LogP contribution >= 0.6 is 0 Å². The highest BCUT2D eigenvalue weighted by atomic mass is 16.5. The highest BCUT2D eigenvalue weighted by Gasteiger charge is 2.03. The van der Waals surface area contributed by atoms with Crippen LogP contribution in [0.5, 0.6) is 0 Å². The molecule has 0 aliphatic carbocycles. The van der Waals surface area contributed by atoms with Crippen molar-refractivity contribution in [2.24, 2.45) is 0 Å². The summed E-state index contributed by atoms with van der Waals surface area (Å²) in [6.07, 6.45) is 0.845. The monoisotopic (exact) mass is 244 g/mol. The zero-order valence-electron chi connectivity index (χ0n) is 9.55.